The molecule has 5 heteroatoms. The lowest BCUT2D eigenvalue weighted by molar-refractivity contribution is 0.254. The van der Waals surface area contributed by atoms with E-state index in [1.54, 1.807) is 0 Å². The minimum atomic E-state index is -0.518. The third-order valence-electron chi connectivity index (χ3n) is 4.28. The van der Waals surface area contributed by atoms with Gasteiger partial charge in [0.25, 0.3) is 0 Å². The fourth-order valence-corrected chi connectivity index (χ4v) is 3.67. The van der Waals surface area contributed by atoms with E-state index in [4.69, 9.17) is 11.0 Å². The maximum absolute atomic E-state index is 11.0. The number of unbranched alkanes of at least 4 members (excludes halogenated alkanes) is 8. The number of hydrogen-bond acceptors (Lipinski definition) is 3. The second-order valence-electron chi connectivity index (χ2n) is 6.42. The molecule has 25 heavy (non-hydrogen) atoms. The van der Waals surface area contributed by atoms with E-state index >= 15 is 0 Å². The molecule has 0 aromatic heterocycles. The Bertz CT molecular complexity index is 525. The summed E-state index contributed by atoms with van der Waals surface area (Å²) in [7, 11) is 0. The molecule has 0 spiro atoms. The highest BCUT2D eigenvalue weighted by molar-refractivity contribution is 7.98. The summed E-state index contributed by atoms with van der Waals surface area (Å²) in [5.41, 5.74) is 6.97. The van der Waals surface area contributed by atoms with Crippen molar-refractivity contribution in [3.05, 3.63) is 35.4 Å². The molecular formula is C20H31N3OS. The van der Waals surface area contributed by atoms with E-state index in [1.165, 1.54) is 63.3 Å². The zero-order valence-corrected chi connectivity index (χ0v) is 16.1. The van der Waals surface area contributed by atoms with Crippen molar-refractivity contribution in [2.75, 3.05) is 0 Å². The van der Waals surface area contributed by atoms with Crippen LogP contribution in [0.5, 0.6) is 0 Å². The van der Waals surface area contributed by atoms with E-state index in [9.17, 15) is 4.79 Å². The second-order valence-corrected chi connectivity index (χ2v) is 7.43. The van der Waals surface area contributed by atoms with Gasteiger partial charge in [-0.05, 0) is 36.1 Å². The maximum atomic E-state index is 11.0. The molecule has 0 aliphatic heterocycles. The first kappa shape index (κ1) is 21.4. The van der Waals surface area contributed by atoms with Gasteiger partial charge in [-0.25, -0.2) is 4.79 Å². The highest BCUT2D eigenvalue weighted by Gasteiger charge is 2.13. The van der Waals surface area contributed by atoms with Crippen molar-refractivity contribution in [2.24, 2.45) is 5.73 Å². The van der Waals surface area contributed by atoms with Gasteiger partial charge in [-0.15, -0.1) is 0 Å². The number of rotatable bonds is 13. The Morgan fingerprint density at radius 3 is 2.16 bits per heavy atom. The van der Waals surface area contributed by atoms with Gasteiger partial charge < -0.3 is 5.73 Å². The Labute approximate surface area is 156 Å². The monoisotopic (exact) mass is 361 g/mol. The van der Waals surface area contributed by atoms with Crippen LogP contribution in [0, 0.1) is 11.3 Å². The Kier molecular flexibility index (Phi) is 11.6. The van der Waals surface area contributed by atoms with Crippen molar-refractivity contribution < 1.29 is 4.79 Å². The van der Waals surface area contributed by atoms with Crippen LogP contribution in [0.25, 0.3) is 0 Å². The molecule has 1 atom stereocenters. The van der Waals surface area contributed by atoms with Crippen LogP contribution in [0.1, 0.15) is 87.5 Å². The molecular weight excluding hydrogens is 330 g/mol. The number of nitrogens with two attached hydrogens (primary N) is 1. The molecule has 4 nitrogen and oxygen atoms in total. The molecule has 1 aromatic rings. The molecule has 0 fully saturated rings. The SMILES string of the molecule is CCCCCCCCCCCC(SNC(N)=O)c1ccc(C#N)cc1. The standard InChI is InChI=1S/C20H31N3OS/c1-2-3-4-5-6-7-8-9-10-11-19(25-23-20(22)24)18-14-12-17(16-21)13-15-18/h12-15,19H,2-11H2,1H3,(H3,22,23,24). The number of carbonyl (C=O) groups excluding carboxylic acids is 1. The van der Waals surface area contributed by atoms with E-state index in [0.29, 0.717) is 5.56 Å². The van der Waals surface area contributed by atoms with Crippen LogP contribution in [-0.2, 0) is 0 Å². The topological polar surface area (TPSA) is 78.9 Å². The van der Waals surface area contributed by atoms with Gasteiger partial charge in [-0.2, -0.15) is 5.26 Å². The lowest BCUT2D eigenvalue weighted by atomic mass is 10.0. The van der Waals surface area contributed by atoms with E-state index < -0.39 is 6.03 Å². The molecule has 3 N–H and O–H groups in total. The molecule has 0 saturated heterocycles. The van der Waals surface area contributed by atoms with Gasteiger partial charge >= 0.3 is 6.03 Å². The number of nitriles is 1. The van der Waals surface area contributed by atoms with Crippen LogP contribution < -0.4 is 10.5 Å². The zero-order valence-electron chi connectivity index (χ0n) is 15.3. The van der Waals surface area contributed by atoms with Crippen molar-refractivity contribution in [3.8, 4) is 6.07 Å². The first-order valence-corrected chi connectivity index (χ1v) is 10.3. The first-order chi connectivity index (χ1) is 12.2. The molecule has 0 radical (unpaired) electrons. The molecule has 0 aliphatic carbocycles. The fourth-order valence-electron chi connectivity index (χ4n) is 2.84. The summed E-state index contributed by atoms with van der Waals surface area (Å²) in [6.45, 7) is 2.25. The average molecular weight is 362 g/mol. The number of benzene rings is 1. The Balaban J connectivity index is 2.33. The van der Waals surface area contributed by atoms with Gasteiger partial charge in [-0.1, -0.05) is 76.8 Å². The summed E-state index contributed by atoms with van der Waals surface area (Å²) in [4.78, 5) is 11.0. The summed E-state index contributed by atoms with van der Waals surface area (Å²) in [6.07, 6.45) is 12.7. The van der Waals surface area contributed by atoms with Gasteiger partial charge in [0.1, 0.15) is 0 Å². The summed E-state index contributed by atoms with van der Waals surface area (Å²) >= 11 is 1.37. The zero-order chi connectivity index (χ0) is 18.3. The average Bonchev–Trinajstić information content (AvgIpc) is 2.62. The van der Waals surface area contributed by atoms with Crippen LogP contribution in [0.2, 0.25) is 0 Å². The largest absolute Gasteiger partial charge is 0.351 e. The summed E-state index contributed by atoms with van der Waals surface area (Å²) < 4.78 is 2.64. The van der Waals surface area contributed by atoms with Crippen LogP contribution >= 0.6 is 11.9 Å². The smallest absolute Gasteiger partial charge is 0.322 e. The van der Waals surface area contributed by atoms with Gasteiger partial charge in [0.2, 0.25) is 0 Å². The number of carbonyl (C=O) groups is 1. The Morgan fingerprint density at radius 1 is 1.08 bits per heavy atom. The highest BCUT2D eigenvalue weighted by Crippen LogP contribution is 2.32. The first-order valence-electron chi connectivity index (χ1n) is 9.38. The predicted molar refractivity (Wildman–Crippen MR) is 106 cm³/mol. The van der Waals surface area contributed by atoms with Crippen LogP contribution in [0.4, 0.5) is 4.79 Å². The summed E-state index contributed by atoms with van der Waals surface area (Å²) in [5, 5.41) is 9.08. The van der Waals surface area contributed by atoms with Crippen molar-refractivity contribution in [1.82, 2.24) is 4.72 Å². The number of primary amides is 1. The molecule has 2 amide bonds. The normalized spacial score (nSPS) is 11.7. The van der Waals surface area contributed by atoms with Crippen molar-refractivity contribution >= 4 is 18.0 Å². The molecule has 0 bridgehead atoms. The van der Waals surface area contributed by atoms with Gasteiger partial charge in [0, 0.05) is 5.25 Å². The minimum absolute atomic E-state index is 0.171. The van der Waals surface area contributed by atoms with Crippen molar-refractivity contribution in [3.63, 3.8) is 0 Å². The summed E-state index contributed by atoms with van der Waals surface area (Å²) in [5.74, 6) is 0. The van der Waals surface area contributed by atoms with Crippen LogP contribution in [0.15, 0.2) is 24.3 Å². The van der Waals surface area contributed by atoms with E-state index in [2.05, 4.69) is 17.7 Å². The fraction of sp³-hybridized carbons (Fsp3) is 0.600. The number of urea groups is 1. The van der Waals surface area contributed by atoms with Crippen LogP contribution in [-0.4, -0.2) is 6.03 Å². The number of nitrogens with zero attached hydrogens (tertiary/aromatic N) is 1. The third kappa shape index (κ3) is 10.0. The predicted octanol–water partition coefficient (Wildman–Crippen LogP) is 5.84. The molecule has 0 saturated carbocycles. The van der Waals surface area contributed by atoms with Gasteiger partial charge in [0.05, 0.1) is 11.6 Å². The van der Waals surface area contributed by atoms with E-state index in [-0.39, 0.29) is 5.25 Å². The third-order valence-corrected chi connectivity index (χ3v) is 5.39. The number of amides is 2. The highest BCUT2D eigenvalue weighted by atomic mass is 32.2. The second kappa shape index (κ2) is 13.6. The molecule has 138 valence electrons. The Hall–Kier alpha value is -1.67. The Morgan fingerprint density at radius 2 is 1.64 bits per heavy atom. The van der Waals surface area contributed by atoms with Gasteiger partial charge in [0.15, 0.2) is 0 Å². The van der Waals surface area contributed by atoms with E-state index in [1.807, 2.05) is 24.3 Å². The number of nitrogens with one attached hydrogen (secondary N) is 1. The lowest BCUT2D eigenvalue weighted by Crippen LogP contribution is -2.24. The van der Waals surface area contributed by atoms with Gasteiger partial charge in [-0.3, -0.25) is 4.72 Å². The summed E-state index contributed by atoms with van der Waals surface area (Å²) in [6, 6.07) is 9.19. The molecule has 1 unspecified atom stereocenters. The molecule has 0 aliphatic rings. The minimum Gasteiger partial charge on any atom is -0.351 e. The number of hydrogen-bond donors (Lipinski definition) is 2. The molecule has 0 heterocycles. The van der Waals surface area contributed by atoms with Crippen molar-refractivity contribution in [1.29, 1.82) is 5.26 Å². The molecule has 1 aromatic carbocycles. The van der Waals surface area contributed by atoms with Crippen LogP contribution in [0.3, 0.4) is 0 Å². The maximum Gasteiger partial charge on any atom is 0.322 e. The molecule has 1 rings (SSSR count). The lowest BCUT2D eigenvalue weighted by Gasteiger charge is -2.16. The van der Waals surface area contributed by atoms with E-state index in [0.717, 1.165) is 18.4 Å². The van der Waals surface area contributed by atoms with Crippen molar-refractivity contribution in [2.45, 2.75) is 76.4 Å². The quantitative estimate of drug-likeness (QED) is 0.342.